The van der Waals surface area contributed by atoms with Crippen LogP contribution in [0.25, 0.3) is 0 Å². The van der Waals surface area contributed by atoms with Gasteiger partial charge in [0, 0.05) is 18.8 Å². The summed E-state index contributed by atoms with van der Waals surface area (Å²) in [5.41, 5.74) is 1.86. The van der Waals surface area contributed by atoms with E-state index in [-0.39, 0.29) is 11.0 Å². The first-order chi connectivity index (χ1) is 9.81. The van der Waals surface area contributed by atoms with Crippen LogP contribution in [0, 0.1) is 0 Å². The van der Waals surface area contributed by atoms with Crippen LogP contribution < -0.4 is 4.90 Å². The molecule has 1 aromatic heterocycles. The first-order valence-corrected chi connectivity index (χ1v) is 6.63. The number of halogens is 4. The summed E-state index contributed by atoms with van der Waals surface area (Å²) in [5.74, 6) is -1.16. The second kappa shape index (κ2) is 5.89. The fraction of sp³-hybridized carbons (Fsp3) is 0.286. The van der Waals surface area contributed by atoms with Gasteiger partial charge < -0.3 is 4.90 Å². The average Bonchev–Trinajstić information content (AvgIpc) is 2.45. The molecule has 2 aromatic rings. The lowest BCUT2D eigenvalue weighted by Crippen LogP contribution is -2.17. The highest BCUT2D eigenvalue weighted by atomic mass is 35.5. The minimum atomic E-state index is -4.63. The van der Waals surface area contributed by atoms with Crippen LogP contribution in [0.1, 0.15) is 18.3 Å². The average molecular weight is 316 g/mol. The SMILES string of the molecule is CCc1ccc(N(C)c2cc(Cl)nc(C(F)(F)F)n2)cc1. The zero-order valence-corrected chi connectivity index (χ0v) is 12.2. The number of hydrogen-bond acceptors (Lipinski definition) is 3. The Morgan fingerprint density at radius 1 is 1.14 bits per heavy atom. The van der Waals surface area contributed by atoms with E-state index in [2.05, 4.69) is 9.97 Å². The van der Waals surface area contributed by atoms with Gasteiger partial charge in [-0.05, 0) is 24.1 Å². The van der Waals surface area contributed by atoms with Gasteiger partial charge in [-0.2, -0.15) is 13.2 Å². The van der Waals surface area contributed by atoms with Crippen molar-refractivity contribution in [3.8, 4) is 0 Å². The fourth-order valence-electron chi connectivity index (χ4n) is 1.79. The Labute approximate surface area is 125 Å². The van der Waals surface area contributed by atoms with Crippen LogP contribution in [-0.4, -0.2) is 17.0 Å². The van der Waals surface area contributed by atoms with Gasteiger partial charge in [-0.25, -0.2) is 9.97 Å². The number of aryl methyl sites for hydroxylation is 1. The van der Waals surface area contributed by atoms with Crippen LogP contribution in [0.5, 0.6) is 0 Å². The molecule has 112 valence electrons. The smallest absolute Gasteiger partial charge is 0.329 e. The minimum Gasteiger partial charge on any atom is -0.329 e. The molecule has 0 unspecified atom stereocenters. The summed E-state index contributed by atoms with van der Waals surface area (Å²) in [6.07, 6.45) is -3.74. The fourth-order valence-corrected chi connectivity index (χ4v) is 1.97. The van der Waals surface area contributed by atoms with Gasteiger partial charge >= 0.3 is 6.18 Å². The van der Waals surface area contributed by atoms with Crippen LogP contribution in [0.15, 0.2) is 30.3 Å². The Morgan fingerprint density at radius 2 is 1.76 bits per heavy atom. The Bertz CT molecular complexity index is 626. The molecule has 0 aliphatic carbocycles. The summed E-state index contributed by atoms with van der Waals surface area (Å²) in [4.78, 5) is 8.27. The van der Waals surface area contributed by atoms with Gasteiger partial charge in [-0.1, -0.05) is 30.7 Å². The van der Waals surface area contributed by atoms with Gasteiger partial charge in [0.05, 0.1) is 0 Å². The van der Waals surface area contributed by atoms with E-state index < -0.39 is 12.0 Å². The van der Waals surface area contributed by atoms with E-state index in [4.69, 9.17) is 11.6 Å². The molecule has 0 aliphatic heterocycles. The van der Waals surface area contributed by atoms with Crippen LogP contribution in [0.3, 0.4) is 0 Å². The number of aromatic nitrogens is 2. The predicted octanol–water partition coefficient (Wildman–Crippen LogP) is 4.48. The maximum absolute atomic E-state index is 12.7. The van der Waals surface area contributed by atoms with E-state index in [1.807, 2.05) is 31.2 Å². The molecule has 0 N–H and O–H groups in total. The summed E-state index contributed by atoms with van der Waals surface area (Å²) in [6.45, 7) is 2.03. The summed E-state index contributed by atoms with van der Waals surface area (Å²) in [5, 5.41) is -0.246. The largest absolute Gasteiger partial charge is 0.451 e. The molecule has 2 rings (SSSR count). The topological polar surface area (TPSA) is 29.0 Å². The van der Waals surface area contributed by atoms with Gasteiger partial charge in [0.15, 0.2) is 0 Å². The van der Waals surface area contributed by atoms with Crippen molar-refractivity contribution >= 4 is 23.1 Å². The Kier molecular flexibility index (Phi) is 4.37. The summed E-state index contributed by atoms with van der Waals surface area (Å²) in [7, 11) is 1.62. The lowest BCUT2D eigenvalue weighted by atomic mass is 10.1. The molecule has 0 atom stereocenters. The maximum Gasteiger partial charge on any atom is 0.451 e. The number of alkyl halides is 3. The molecule has 0 aliphatic rings. The number of rotatable bonds is 3. The van der Waals surface area contributed by atoms with Crippen molar-refractivity contribution < 1.29 is 13.2 Å². The zero-order valence-electron chi connectivity index (χ0n) is 11.4. The van der Waals surface area contributed by atoms with E-state index in [1.54, 1.807) is 7.05 Å². The Hall–Kier alpha value is -1.82. The molecule has 1 heterocycles. The quantitative estimate of drug-likeness (QED) is 0.782. The minimum absolute atomic E-state index is 0.0894. The Morgan fingerprint density at radius 3 is 2.29 bits per heavy atom. The van der Waals surface area contributed by atoms with E-state index in [0.717, 1.165) is 17.7 Å². The highest BCUT2D eigenvalue weighted by Gasteiger charge is 2.35. The number of hydrogen-bond donors (Lipinski definition) is 0. The van der Waals surface area contributed by atoms with Crippen molar-refractivity contribution in [2.45, 2.75) is 19.5 Å². The summed E-state index contributed by atoms with van der Waals surface area (Å²) < 4.78 is 38.1. The molecule has 0 amide bonds. The van der Waals surface area contributed by atoms with Crippen LogP contribution in [0.4, 0.5) is 24.7 Å². The van der Waals surface area contributed by atoms with Crippen molar-refractivity contribution in [2.24, 2.45) is 0 Å². The van der Waals surface area contributed by atoms with Crippen LogP contribution >= 0.6 is 11.6 Å². The molecule has 3 nitrogen and oxygen atoms in total. The highest BCUT2D eigenvalue weighted by molar-refractivity contribution is 6.29. The first kappa shape index (κ1) is 15.6. The van der Waals surface area contributed by atoms with Crippen molar-refractivity contribution in [3.05, 3.63) is 46.9 Å². The lowest BCUT2D eigenvalue weighted by molar-refractivity contribution is -0.144. The van der Waals surface area contributed by atoms with Gasteiger partial charge in [0.25, 0.3) is 0 Å². The van der Waals surface area contributed by atoms with Gasteiger partial charge in [0.2, 0.25) is 5.82 Å². The van der Waals surface area contributed by atoms with Gasteiger partial charge in [0.1, 0.15) is 11.0 Å². The molecule has 7 heteroatoms. The molecule has 0 radical (unpaired) electrons. The second-order valence-corrected chi connectivity index (χ2v) is 4.84. The second-order valence-electron chi connectivity index (χ2n) is 4.45. The maximum atomic E-state index is 12.7. The van der Waals surface area contributed by atoms with Gasteiger partial charge in [-0.3, -0.25) is 0 Å². The summed E-state index contributed by atoms with van der Waals surface area (Å²) in [6, 6.07) is 8.77. The molecule has 0 bridgehead atoms. The number of benzene rings is 1. The molecule has 21 heavy (non-hydrogen) atoms. The third-order valence-electron chi connectivity index (χ3n) is 3.01. The standard InChI is InChI=1S/C14H13ClF3N3/c1-3-9-4-6-10(7-5-9)21(2)12-8-11(15)19-13(20-12)14(16,17)18/h4-8H,3H2,1-2H3. The molecule has 0 spiro atoms. The van der Waals surface area contributed by atoms with Crippen LogP contribution in [0.2, 0.25) is 5.15 Å². The molecule has 1 aromatic carbocycles. The normalized spacial score (nSPS) is 11.5. The molecule has 0 fully saturated rings. The van der Waals surface area contributed by atoms with Crippen molar-refractivity contribution in [2.75, 3.05) is 11.9 Å². The van der Waals surface area contributed by atoms with E-state index >= 15 is 0 Å². The molecule has 0 saturated heterocycles. The third-order valence-corrected chi connectivity index (χ3v) is 3.20. The monoisotopic (exact) mass is 315 g/mol. The number of anilines is 2. The first-order valence-electron chi connectivity index (χ1n) is 6.25. The third kappa shape index (κ3) is 3.64. The van der Waals surface area contributed by atoms with E-state index in [0.29, 0.717) is 0 Å². The zero-order chi connectivity index (χ0) is 15.6. The van der Waals surface area contributed by atoms with Crippen molar-refractivity contribution in [3.63, 3.8) is 0 Å². The summed E-state index contributed by atoms with van der Waals surface area (Å²) >= 11 is 5.66. The predicted molar refractivity (Wildman–Crippen MR) is 75.9 cm³/mol. The molecular weight excluding hydrogens is 303 g/mol. The molecule has 0 saturated carbocycles. The van der Waals surface area contributed by atoms with Gasteiger partial charge in [-0.15, -0.1) is 0 Å². The van der Waals surface area contributed by atoms with Crippen molar-refractivity contribution in [1.82, 2.24) is 9.97 Å². The van der Waals surface area contributed by atoms with E-state index in [9.17, 15) is 13.2 Å². The number of nitrogens with zero attached hydrogens (tertiary/aromatic N) is 3. The lowest BCUT2D eigenvalue weighted by Gasteiger charge is -2.19. The van der Waals surface area contributed by atoms with E-state index in [1.165, 1.54) is 11.0 Å². The highest BCUT2D eigenvalue weighted by Crippen LogP contribution is 2.30. The Balaban J connectivity index is 2.38. The van der Waals surface area contributed by atoms with Crippen molar-refractivity contribution in [1.29, 1.82) is 0 Å². The molecular formula is C14H13ClF3N3. The van der Waals surface area contributed by atoms with Crippen LogP contribution in [-0.2, 0) is 12.6 Å².